The first-order chi connectivity index (χ1) is 13.3. The molecule has 2 N–H and O–H groups in total. The fourth-order valence-corrected chi connectivity index (χ4v) is 4.46. The predicted octanol–water partition coefficient (Wildman–Crippen LogP) is 2.56. The normalized spacial score (nSPS) is 14.8. The summed E-state index contributed by atoms with van der Waals surface area (Å²) < 4.78 is 53.1. The van der Waals surface area contributed by atoms with Gasteiger partial charge in [-0.25, -0.2) is 17.2 Å². The summed E-state index contributed by atoms with van der Waals surface area (Å²) in [6.07, 6.45) is 0.159. The van der Waals surface area contributed by atoms with Crippen molar-refractivity contribution in [1.29, 1.82) is 0 Å². The third-order valence-corrected chi connectivity index (χ3v) is 6.27. The molecule has 1 amide bonds. The Hall–Kier alpha value is -2.52. The molecule has 0 unspecified atom stereocenters. The zero-order valence-corrected chi connectivity index (χ0v) is 16.2. The maximum Gasteiger partial charge on any atom is 0.224 e. The Kier molecular flexibility index (Phi) is 5.95. The smallest absolute Gasteiger partial charge is 0.224 e. The van der Waals surface area contributed by atoms with Gasteiger partial charge in [-0.15, -0.1) is 0 Å². The molecule has 3 rings (SSSR count). The number of nitrogens with zero attached hydrogens (tertiary/aromatic N) is 1. The van der Waals surface area contributed by atoms with Crippen LogP contribution in [0.3, 0.4) is 0 Å². The molecule has 1 heterocycles. The van der Waals surface area contributed by atoms with Gasteiger partial charge in [-0.05, 0) is 30.3 Å². The highest BCUT2D eigenvalue weighted by Crippen LogP contribution is 2.32. The quantitative estimate of drug-likeness (QED) is 0.794. The summed E-state index contributed by atoms with van der Waals surface area (Å²) in [5.41, 5.74) is 0.852. The Morgan fingerprint density at radius 2 is 1.75 bits per heavy atom. The molecule has 0 spiro atoms. The lowest BCUT2D eigenvalue weighted by Crippen LogP contribution is -2.43. The first-order valence-corrected chi connectivity index (χ1v) is 10.4. The minimum Gasteiger partial charge on any atom is -0.369 e. The zero-order valence-electron chi connectivity index (χ0n) is 15.3. The average Bonchev–Trinajstić information content (AvgIpc) is 2.67. The van der Waals surface area contributed by atoms with Gasteiger partial charge in [-0.2, -0.15) is 0 Å². The molecule has 0 aromatic heterocycles. The second kappa shape index (κ2) is 8.24. The van der Waals surface area contributed by atoms with Crippen molar-refractivity contribution in [3.8, 4) is 0 Å². The van der Waals surface area contributed by atoms with Gasteiger partial charge in [0.05, 0.1) is 15.5 Å². The van der Waals surface area contributed by atoms with Crippen LogP contribution in [0.25, 0.3) is 0 Å². The maximum absolute atomic E-state index is 13.6. The van der Waals surface area contributed by atoms with Crippen LogP contribution >= 0.6 is 0 Å². The van der Waals surface area contributed by atoms with E-state index >= 15 is 0 Å². The first-order valence-electron chi connectivity index (χ1n) is 8.92. The van der Waals surface area contributed by atoms with Crippen molar-refractivity contribution in [2.45, 2.75) is 23.1 Å². The lowest BCUT2D eigenvalue weighted by Gasteiger charge is -2.30. The van der Waals surface area contributed by atoms with Crippen molar-refractivity contribution < 1.29 is 22.0 Å². The lowest BCUT2D eigenvalue weighted by atomic mass is 10.2. The number of anilines is 2. The molecule has 0 bridgehead atoms. The van der Waals surface area contributed by atoms with Gasteiger partial charge in [0.2, 0.25) is 15.7 Å². The third-order valence-electron chi connectivity index (χ3n) is 4.48. The number of carbonyl (C=O) groups excluding carboxylic acids is 1. The standard InChI is InChI=1S/C19H21F2N3O3S/c1-2-19(25)23-17-12-15(24-7-5-22-6-8-24)3-4-18(17)28(26,27)16-10-13(20)9-14(21)11-16/h3-4,9-12,22H,2,5-8H2,1H3,(H,23,25). The summed E-state index contributed by atoms with van der Waals surface area (Å²) in [5.74, 6) is -2.34. The number of amides is 1. The van der Waals surface area contributed by atoms with Crippen molar-refractivity contribution in [2.24, 2.45) is 0 Å². The molecule has 0 saturated carbocycles. The van der Waals surface area contributed by atoms with Gasteiger partial charge in [0.1, 0.15) is 11.6 Å². The van der Waals surface area contributed by atoms with Gasteiger partial charge in [0.25, 0.3) is 0 Å². The highest BCUT2D eigenvalue weighted by atomic mass is 32.2. The van der Waals surface area contributed by atoms with Crippen molar-refractivity contribution in [3.63, 3.8) is 0 Å². The van der Waals surface area contributed by atoms with Crippen LogP contribution in [0.4, 0.5) is 20.2 Å². The Balaban J connectivity index is 2.08. The lowest BCUT2D eigenvalue weighted by molar-refractivity contribution is -0.115. The van der Waals surface area contributed by atoms with Crippen LogP contribution in [-0.4, -0.2) is 40.5 Å². The zero-order chi connectivity index (χ0) is 20.3. The van der Waals surface area contributed by atoms with Gasteiger partial charge in [-0.3, -0.25) is 4.79 Å². The van der Waals surface area contributed by atoms with E-state index in [2.05, 4.69) is 15.5 Å². The molecular formula is C19H21F2N3O3S. The van der Waals surface area contributed by atoms with Crippen molar-refractivity contribution >= 4 is 27.1 Å². The summed E-state index contributed by atoms with van der Waals surface area (Å²) >= 11 is 0. The van der Waals surface area contributed by atoms with E-state index in [-0.39, 0.29) is 22.9 Å². The van der Waals surface area contributed by atoms with Crippen LogP contribution in [0.15, 0.2) is 46.2 Å². The van der Waals surface area contributed by atoms with Gasteiger partial charge in [0.15, 0.2) is 0 Å². The van der Waals surface area contributed by atoms with E-state index in [1.54, 1.807) is 19.1 Å². The van der Waals surface area contributed by atoms with E-state index in [4.69, 9.17) is 0 Å². The second-order valence-corrected chi connectivity index (χ2v) is 8.35. The molecule has 2 aromatic carbocycles. The highest BCUT2D eigenvalue weighted by molar-refractivity contribution is 7.91. The van der Waals surface area contributed by atoms with Crippen LogP contribution in [0.1, 0.15) is 13.3 Å². The van der Waals surface area contributed by atoms with Crippen LogP contribution < -0.4 is 15.5 Å². The van der Waals surface area contributed by atoms with Crippen LogP contribution in [0.5, 0.6) is 0 Å². The largest absolute Gasteiger partial charge is 0.369 e. The number of sulfone groups is 1. The molecule has 2 aromatic rings. The Morgan fingerprint density at radius 3 is 2.36 bits per heavy atom. The fraction of sp³-hybridized carbons (Fsp3) is 0.316. The molecule has 150 valence electrons. The first kappa shape index (κ1) is 20.2. The Morgan fingerprint density at radius 1 is 1.11 bits per heavy atom. The number of rotatable bonds is 5. The number of hydrogen-bond donors (Lipinski definition) is 2. The van der Waals surface area contributed by atoms with E-state index in [0.717, 1.165) is 44.0 Å². The van der Waals surface area contributed by atoms with Crippen LogP contribution in [-0.2, 0) is 14.6 Å². The minimum atomic E-state index is -4.24. The van der Waals surface area contributed by atoms with Gasteiger partial charge >= 0.3 is 0 Å². The Labute approximate surface area is 162 Å². The van der Waals surface area contributed by atoms with Crippen molar-refractivity contribution in [1.82, 2.24) is 5.32 Å². The molecule has 1 fully saturated rings. The molecule has 0 aliphatic carbocycles. The van der Waals surface area contributed by atoms with E-state index in [1.165, 1.54) is 6.07 Å². The van der Waals surface area contributed by atoms with E-state index in [1.807, 2.05) is 0 Å². The van der Waals surface area contributed by atoms with E-state index in [0.29, 0.717) is 6.07 Å². The average molecular weight is 409 g/mol. The molecule has 0 radical (unpaired) electrons. The summed E-state index contributed by atoms with van der Waals surface area (Å²) in [5, 5.41) is 5.83. The van der Waals surface area contributed by atoms with Gasteiger partial charge < -0.3 is 15.5 Å². The van der Waals surface area contributed by atoms with E-state index in [9.17, 15) is 22.0 Å². The number of halogens is 2. The molecule has 6 nitrogen and oxygen atoms in total. The topological polar surface area (TPSA) is 78.5 Å². The molecule has 28 heavy (non-hydrogen) atoms. The molecule has 1 aliphatic heterocycles. The van der Waals surface area contributed by atoms with E-state index < -0.39 is 26.4 Å². The summed E-state index contributed by atoms with van der Waals surface area (Å²) in [6, 6.07) is 6.70. The molecule has 9 heteroatoms. The van der Waals surface area contributed by atoms with Crippen molar-refractivity contribution in [3.05, 3.63) is 48.0 Å². The van der Waals surface area contributed by atoms with Crippen LogP contribution in [0.2, 0.25) is 0 Å². The number of benzene rings is 2. The third kappa shape index (κ3) is 4.31. The van der Waals surface area contributed by atoms with Gasteiger partial charge in [-0.1, -0.05) is 6.92 Å². The molecular weight excluding hydrogens is 388 g/mol. The molecule has 1 aliphatic rings. The van der Waals surface area contributed by atoms with Gasteiger partial charge in [0, 0.05) is 44.4 Å². The number of piperazine rings is 1. The predicted molar refractivity (Wildman–Crippen MR) is 102 cm³/mol. The van der Waals surface area contributed by atoms with Crippen molar-refractivity contribution in [2.75, 3.05) is 36.4 Å². The SMILES string of the molecule is CCC(=O)Nc1cc(N2CCNCC2)ccc1S(=O)(=O)c1cc(F)cc(F)c1. The highest BCUT2D eigenvalue weighted by Gasteiger charge is 2.25. The number of carbonyl (C=O) groups is 1. The number of nitrogens with one attached hydrogen (secondary N) is 2. The molecule has 1 saturated heterocycles. The second-order valence-electron chi connectivity index (χ2n) is 6.43. The fourth-order valence-electron chi connectivity index (χ4n) is 3.02. The minimum absolute atomic E-state index is 0.0903. The monoisotopic (exact) mass is 409 g/mol. The summed E-state index contributed by atoms with van der Waals surface area (Å²) in [4.78, 5) is 13.3. The summed E-state index contributed by atoms with van der Waals surface area (Å²) in [7, 11) is -4.24. The molecule has 0 atom stereocenters. The maximum atomic E-state index is 13.6. The Bertz CT molecular complexity index is 970. The number of hydrogen-bond acceptors (Lipinski definition) is 5. The summed E-state index contributed by atoms with van der Waals surface area (Å²) in [6.45, 7) is 4.70. The van der Waals surface area contributed by atoms with Crippen LogP contribution in [0, 0.1) is 11.6 Å².